The molecule has 27 heavy (non-hydrogen) atoms. The van der Waals surface area contributed by atoms with Crippen LogP contribution < -0.4 is 4.74 Å². The molecule has 0 spiro atoms. The molecule has 0 N–H and O–H groups in total. The largest absolute Gasteiger partial charge is 0.491 e. The van der Waals surface area contributed by atoms with E-state index in [1.807, 2.05) is 44.2 Å². The molecule has 4 heteroatoms. The number of benzene rings is 2. The summed E-state index contributed by atoms with van der Waals surface area (Å²) < 4.78 is 30.6. The van der Waals surface area contributed by atoms with Crippen LogP contribution in [0.4, 0.5) is 8.78 Å². The minimum Gasteiger partial charge on any atom is -0.491 e. The van der Waals surface area contributed by atoms with Crippen molar-refractivity contribution in [1.29, 1.82) is 0 Å². The third kappa shape index (κ3) is 7.02. The van der Waals surface area contributed by atoms with E-state index in [9.17, 15) is 8.78 Å². The number of ether oxygens (including phenoxy) is 1. The van der Waals surface area contributed by atoms with Crippen LogP contribution in [0.2, 0.25) is 0 Å². The summed E-state index contributed by atoms with van der Waals surface area (Å²) in [5, 5.41) is 0. The van der Waals surface area contributed by atoms with Gasteiger partial charge >= 0.3 is 0 Å². The van der Waals surface area contributed by atoms with Crippen molar-refractivity contribution in [3.05, 3.63) is 90.2 Å². The van der Waals surface area contributed by atoms with Gasteiger partial charge < -0.3 is 4.74 Å². The van der Waals surface area contributed by atoms with Crippen LogP contribution in [0.1, 0.15) is 37.0 Å². The minimum atomic E-state index is -2.45. The zero-order valence-electron chi connectivity index (χ0n) is 15.5. The van der Waals surface area contributed by atoms with Crippen LogP contribution in [0.15, 0.2) is 78.5 Å². The van der Waals surface area contributed by atoms with Gasteiger partial charge in [-0.2, -0.15) is 0 Å². The van der Waals surface area contributed by atoms with Crippen LogP contribution in [0.3, 0.4) is 0 Å². The lowest BCUT2D eigenvalue weighted by molar-refractivity contribution is 0.151. The first-order chi connectivity index (χ1) is 13.0. The van der Waals surface area contributed by atoms with E-state index < -0.39 is 6.43 Å². The molecule has 0 amide bonds. The Balaban J connectivity index is 1.85. The van der Waals surface area contributed by atoms with Crippen molar-refractivity contribution >= 4 is 17.9 Å². The molecule has 2 aromatic rings. The van der Waals surface area contributed by atoms with Gasteiger partial charge in [0.25, 0.3) is 6.43 Å². The number of aliphatic imine (C=N–C) groups is 1. The van der Waals surface area contributed by atoms with Crippen LogP contribution in [0, 0.1) is 0 Å². The highest BCUT2D eigenvalue weighted by atomic mass is 19.3. The summed E-state index contributed by atoms with van der Waals surface area (Å²) in [6.45, 7) is 8.01. The Morgan fingerprint density at radius 2 is 1.70 bits per heavy atom. The summed E-state index contributed by atoms with van der Waals surface area (Å²) in [7, 11) is 0. The molecule has 0 saturated heterocycles. The lowest BCUT2D eigenvalue weighted by Crippen LogP contribution is -2.05. The Bertz CT molecular complexity index is 816. The molecule has 0 atom stereocenters. The van der Waals surface area contributed by atoms with Gasteiger partial charge in [-0.3, -0.25) is 4.99 Å². The maximum Gasteiger partial charge on any atom is 0.263 e. The summed E-state index contributed by atoms with van der Waals surface area (Å²) in [5.74, 6) is 0.832. The SMILES string of the molecule is C=C(\C=C/C=N\C=C\c1ccc(C(F)F)cc1)c1ccc(OC(C)C)cc1. The van der Waals surface area contributed by atoms with Crippen LogP contribution in [0.25, 0.3) is 11.6 Å². The van der Waals surface area contributed by atoms with Crippen molar-refractivity contribution in [2.24, 2.45) is 4.99 Å². The quantitative estimate of drug-likeness (QED) is 0.375. The van der Waals surface area contributed by atoms with Crippen molar-refractivity contribution in [2.45, 2.75) is 26.4 Å². The Morgan fingerprint density at radius 3 is 2.30 bits per heavy atom. The third-order valence-corrected chi connectivity index (χ3v) is 3.61. The average Bonchev–Trinajstić information content (AvgIpc) is 2.65. The number of alkyl halides is 2. The van der Waals surface area contributed by atoms with E-state index in [1.54, 1.807) is 36.7 Å². The molecule has 0 radical (unpaired) electrons. The molecule has 0 aromatic heterocycles. The van der Waals surface area contributed by atoms with Gasteiger partial charge in [-0.25, -0.2) is 8.78 Å². The molecule has 0 aliphatic carbocycles. The first-order valence-corrected chi connectivity index (χ1v) is 8.66. The summed E-state index contributed by atoms with van der Waals surface area (Å²) >= 11 is 0. The van der Waals surface area contributed by atoms with Gasteiger partial charge in [-0.1, -0.05) is 49.1 Å². The molecular formula is C23H23F2NO. The molecule has 2 aromatic carbocycles. The number of hydrogen-bond donors (Lipinski definition) is 0. The molecule has 0 aliphatic heterocycles. The summed E-state index contributed by atoms with van der Waals surface area (Å²) in [6, 6.07) is 13.9. The zero-order chi connectivity index (χ0) is 19.6. The van der Waals surface area contributed by atoms with E-state index in [4.69, 9.17) is 4.74 Å². The van der Waals surface area contributed by atoms with Gasteiger partial charge in [0, 0.05) is 18.0 Å². The van der Waals surface area contributed by atoms with Gasteiger partial charge in [0.2, 0.25) is 0 Å². The topological polar surface area (TPSA) is 21.6 Å². The number of rotatable bonds is 8. The van der Waals surface area contributed by atoms with Gasteiger partial charge in [-0.15, -0.1) is 0 Å². The molecule has 0 bridgehead atoms. The Hall–Kier alpha value is -3.01. The van der Waals surface area contributed by atoms with Gasteiger partial charge in [-0.05, 0) is 54.8 Å². The molecule has 2 rings (SSSR count). The highest BCUT2D eigenvalue weighted by Gasteiger charge is 2.04. The third-order valence-electron chi connectivity index (χ3n) is 3.61. The lowest BCUT2D eigenvalue weighted by Gasteiger charge is -2.10. The highest BCUT2D eigenvalue weighted by Crippen LogP contribution is 2.20. The summed E-state index contributed by atoms with van der Waals surface area (Å²) in [4.78, 5) is 4.13. The van der Waals surface area contributed by atoms with E-state index in [0.29, 0.717) is 0 Å². The molecular weight excluding hydrogens is 344 g/mol. The van der Waals surface area contributed by atoms with E-state index >= 15 is 0 Å². The fourth-order valence-electron chi connectivity index (χ4n) is 2.26. The van der Waals surface area contributed by atoms with Gasteiger partial charge in [0.1, 0.15) is 5.75 Å². The number of halogens is 2. The van der Waals surface area contributed by atoms with Crippen LogP contribution in [-0.4, -0.2) is 12.3 Å². The molecule has 0 heterocycles. The molecule has 0 saturated carbocycles. The Kier molecular flexibility index (Phi) is 7.68. The predicted molar refractivity (Wildman–Crippen MR) is 109 cm³/mol. The second-order valence-corrected chi connectivity index (χ2v) is 6.16. The second kappa shape index (κ2) is 10.2. The lowest BCUT2D eigenvalue weighted by atomic mass is 10.1. The number of allylic oxidation sites excluding steroid dienone is 3. The van der Waals surface area contributed by atoms with Crippen molar-refractivity contribution < 1.29 is 13.5 Å². The smallest absolute Gasteiger partial charge is 0.263 e. The van der Waals surface area contributed by atoms with Crippen molar-refractivity contribution in [2.75, 3.05) is 0 Å². The van der Waals surface area contributed by atoms with E-state index in [2.05, 4.69) is 11.6 Å². The molecule has 0 fully saturated rings. The van der Waals surface area contributed by atoms with E-state index in [0.717, 1.165) is 22.4 Å². The monoisotopic (exact) mass is 367 g/mol. The maximum absolute atomic E-state index is 12.5. The minimum absolute atomic E-state index is 0.0147. The maximum atomic E-state index is 12.5. The molecule has 2 nitrogen and oxygen atoms in total. The second-order valence-electron chi connectivity index (χ2n) is 6.16. The van der Waals surface area contributed by atoms with Gasteiger partial charge in [0.05, 0.1) is 6.10 Å². The predicted octanol–water partition coefficient (Wildman–Crippen LogP) is 6.72. The first-order valence-electron chi connectivity index (χ1n) is 8.66. The normalized spacial score (nSPS) is 12.1. The molecule has 0 aliphatic rings. The molecule has 140 valence electrons. The first kappa shape index (κ1) is 20.3. The van der Waals surface area contributed by atoms with Gasteiger partial charge in [0.15, 0.2) is 0 Å². The fraction of sp³-hybridized carbons (Fsp3) is 0.174. The summed E-state index contributed by atoms with van der Waals surface area (Å²) in [5.41, 5.74) is 2.70. The average molecular weight is 367 g/mol. The number of nitrogens with zero attached hydrogens (tertiary/aromatic N) is 1. The van der Waals surface area contributed by atoms with Crippen LogP contribution in [0.5, 0.6) is 5.75 Å². The zero-order valence-corrected chi connectivity index (χ0v) is 15.5. The Morgan fingerprint density at radius 1 is 1.04 bits per heavy atom. The fourth-order valence-corrected chi connectivity index (χ4v) is 2.26. The summed E-state index contributed by atoms with van der Waals surface area (Å²) in [6.07, 6.45) is 6.37. The Labute approximate surface area is 159 Å². The molecule has 0 unspecified atom stereocenters. The van der Waals surface area contributed by atoms with Crippen LogP contribution in [-0.2, 0) is 0 Å². The van der Waals surface area contributed by atoms with Crippen molar-refractivity contribution in [3.8, 4) is 5.75 Å². The standard InChI is InChI=1S/C23H23F2NO/c1-17(2)27-22-12-10-20(11-13-22)18(3)5-4-15-26-16-14-19-6-8-21(9-7-19)23(24)25/h4-17,23H,3H2,1-2H3/b5-4-,16-14+,26-15-. The van der Waals surface area contributed by atoms with Crippen molar-refractivity contribution in [3.63, 3.8) is 0 Å². The van der Waals surface area contributed by atoms with E-state index in [1.165, 1.54) is 12.1 Å². The van der Waals surface area contributed by atoms with E-state index in [-0.39, 0.29) is 11.7 Å². The van der Waals surface area contributed by atoms with Crippen molar-refractivity contribution in [1.82, 2.24) is 0 Å². The highest BCUT2D eigenvalue weighted by molar-refractivity contribution is 5.80. The van der Waals surface area contributed by atoms with Crippen LogP contribution >= 0.6 is 0 Å². The number of hydrogen-bond acceptors (Lipinski definition) is 2.